The highest BCUT2D eigenvalue weighted by Crippen LogP contribution is 2.34. The molecule has 2 aromatic heterocycles. The van der Waals surface area contributed by atoms with E-state index in [9.17, 15) is 14.7 Å². The molecule has 0 unspecified atom stereocenters. The van der Waals surface area contributed by atoms with Crippen LogP contribution in [0.4, 0.5) is 5.69 Å². The second-order valence-electron chi connectivity index (χ2n) is 8.93. The number of rotatable bonds is 5. The van der Waals surface area contributed by atoms with Crippen LogP contribution >= 0.6 is 11.6 Å². The molecule has 36 heavy (non-hydrogen) atoms. The van der Waals surface area contributed by atoms with Crippen molar-refractivity contribution in [1.29, 1.82) is 0 Å². The third kappa shape index (κ3) is 3.99. The van der Waals surface area contributed by atoms with Gasteiger partial charge in [-0.15, -0.1) is 0 Å². The number of carbonyl (C=O) groups is 1. The highest BCUT2D eigenvalue weighted by molar-refractivity contribution is 6.30. The molecule has 1 saturated carbocycles. The summed E-state index contributed by atoms with van der Waals surface area (Å²) in [5.41, 5.74) is 2.74. The van der Waals surface area contributed by atoms with Gasteiger partial charge in [-0.2, -0.15) is 5.10 Å². The first-order valence-corrected chi connectivity index (χ1v) is 11.9. The number of aromatic hydroxyl groups is 1. The van der Waals surface area contributed by atoms with Gasteiger partial charge in [0, 0.05) is 40.7 Å². The molecule has 3 aromatic carbocycles. The first-order valence-electron chi connectivity index (χ1n) is 11.6. The van der Waals surface area contributed by atoms with Gasteiger partial charge in [-0.25, -0.2) is 9.67 Å². The van der Waals surface area contributed by atoms with Crippen LogP contribution in [0.5, 0.6) is 5.75 Å². The lowest BCUT2D eigenvalue weighted by atomic mass is 10.0. The molecule has 9 heteroatoms. The maximum absolute atomic E-state index is 13.6. The summed E-state index contributed by atoms with van der Waals surface area (Å²) in [5.74, 6) is 0.241. The molecule has 0 saturated heterocycles. The minimum atomic E-state index is -0.461. The van der Waals surface area contributed by atoms with Gasteiger partial charge in [0.15, 0.2) is 11.5 Å². The third-order valence-electron chi connectivity index (χ3n) is 6.26. The van der Waals surface area contributed by atoms with E-state index in [0.717, 1.165) is 23.0 Å². The number of amides is 1. The molecule has 180 valence electrons. The van der Waals surface area contributed by atoms with Gasteiger partial charge in [0.1, 0.15) is 17.8 Å². The molecule has 1 N–H and O–H groups in total. The van der Waals surface area contributed by atoms with Gasteiger partial charge in [0.05, 0.1) is 11.1 Å². The smallest absolute Gasteiger partial charge is 0.275 e. The summed E-state index contributed by atoms with van der Waals surface area (Å²) in [4.78, 5) is 33.0. The van der Waals surface area contributed by atoms with E-state index in [2.05, 4.69) is 10.1 Å². The maximum Gasteiger partial charge on any atom is 0.275 e. The molecule has 0 spiro atoms. The Hall–Kier alpha value is -4.17. The number of aryl methyl sites for hydroxylation is 1. The predicted molar refractivity (Wildman–Crippen MR) is 137 cm³/mol. The summed E-state index contributed by atoms with van der Waals surface area (Å²) >= 11 is 6.21. The zero-order valence-electron chi connectivity index (χ0n) is 19.3. The summed E-state index contributed by atoms with van der Waals surface area (Å²) in [6, 6.07) is 17.2. The van der Waals surface area contributed by atoms with Crippen LogP contribution in [-0.2, 0) is 11.3 Å². The Labute approximate surface area is 210 Å². The van der Waals surface area contributed by atoms with Crippen molar-refractivity contribution in [3.8, 4) is 17.0 Å². The minimum absolute atomic E-state index is 0.0454. The Balaban J connectivity index is 1.44. The molecule has 1 aliphatic rings. The number of carbonyl (C=O) groups excluding carboxylic acids is 1. The van der Waals surface area contributed by atoms with Gasteiger partial charge >= 0.3 is 0 Å². The van der Waals surface area contributed by atoms with Gasteiger partial charge in [-0.05, 0) is 55.3 Å². The summed E-state index contributed by atoms with van der Waals surface area (Å²) < 4.78 is 6.82. The van der Waals surface area contributed by atoms with Crippen molar-refractivity contribution in [3.63, 3.8) is 0 Å². The highest BCUT2D eigenvalue weighted by Gasteiger charge is 2.34. The fourth-order valence-electron chi connectivity index (χ4n) is 4.50. The number of phenolic OH excluding ortho intramolecular Hbond substituents is 1. The summed E-state index contributed by atoms with van der Waals surface area (Å²) in [6.45, 7) is 1.51. The average Bonchev–Trinajstić information content (AvgIpc) is 3.60. The first kappa shape index (κ1) is 22.3. The van der Waals surface area contributed by atoms with Crippen LogP contribution in [0.1, 0.15) is 18.7 Å². The fourth-order valence-corrected chi connectivity index (χ4v) is 4.69. The molecule has 1 fully saturated rings. The molecular weight excluding hydrogens is 480 g/mol. The van der Waals surface area contributed by atoms with Gasteiger partial charge < -0.3 is 14.4 Å². The SMILES string of the molecule is Cc1nc2ccc(N(C(=O)Cn3nc(-c4cccc(Cl)c4)c4ccc(O)cc4c3=O)C3CC3)cc2o1. The normalized spacial score (nSPS) is 13.4. The van der Waals surface area contributed by atoms with E-state index >= 15 is 0 Å². The van der Waals surface area contributed by atoms with Crippen molar-refractivity contribution >= 4 is 45.1 Å². The molecule has 0 bridgehead atoms. The average molecular weight is 501 g/mol. The standard InChI is InChI=1S/C27H21ClN4O4/c1-15-29-23-10-7-19(12-24(23)36-15)32(18-5-6-18)25(34)14-31-27(35)22-13-20(33)8-9-21(22)26(30-31)16-3-2-4-17(28)11-16/h2-4,7-13,18,33H,5-6,14H2,1H3. The molecule has 1 amide bonds. The van der Waals surface area contributed by atoms with Gasteiger partial charge in [-0.3, -0.25) is 9.59 Å². The van der Waals surface area contributed by atoms with Crippen molar-refractivity contribution in [3.05, 3.63) is 81.9 Å². The van der Waals surface area contributed by atoms with Crippen molar-refractivity contribution < 1.29 is 14.3 Å². The molecule has 6 rings (SSSR count). The Kier molecular flexibility index (Phi) is 5.26. The summed E-state index contributed by atoms with van der Waals surface area (Å²) in [5, 5.41) is 16.0. The van der Waals surface area contributed by atoms with Crippen LogP contribution < -0.4 is 10.5 Å². The van der Waals surface area contributed by atoms with Crippen LogP contribution in [0.15, 0.2) is 69.9 Å². The lowest BCUT2D eigenvalue weighted by molar-refractivity contribution is -0.119. The van der Waals surface area contributed by atoms with E-state index in [1.54, 1.807) is 42.2 Å². The monoisotopic (exact) mass is 500 g/mol. The maximum atomic E-state index is 13.6. The molecular formula is C27H21ClN4O4. The lowest BCUT2D eigenvalue weighted by Crippen LogP contribution is -2.39. The van der Waals surface area contributed by atoms with E-state index < -0.39 is 5.56 Å². The van der Waals surface area contributed by atoms with Crippen LogP contribution in [0.2, 0.25) is 5.02 Å². The van der Waals surface area contributed by atoms with Crippen LogP contribution in [0.25, 0.3) is 33.1 Å². The van der Waals surface area contributed by atoms with Crippen LogP contribution in [0, 0.1) is 6.92 Å². The van der Waals surface area contributed by atoms with Crippen molar-refractivity contribution in [2.45, 2.75) is 32.4 Å². The topological polar surface area (TPSA) is 101 Å². The number of oxazole rings is 1. The largest absolute Gasteiger partial charge is 0.508 e. The van der Waals surface area contributed by atoms with Crippen LogP contribution in [0.3, 0.4) is 0 Å². The number of phenols is 1. The lowest BCUT2D eigenvalue weighted by Gasteiger charge is -2.23. The van der Waals surface area contributed by atoms with Crippen molar-refractivity contribution in [2.24, 2.45) is 0 Å². The van der Waals surface area contributed by atoms with Gasteiger partial charge in [0.25, 0.3) is 5.56 Å². The summed E-state index contributed by atoms with van der Waals surface area (Å²) in [6.07, 6.45) is 1.75. The number of aromatic nitrogens is 3. The number of benzene rings is 3. The molecule has 1 aliphatic carbocycles. The third-order valence-corrected chi connectivity index (χ3v) is 6.50. The quantitative estimate of drug-likeness (QED) is 0.361. The Morgan fingerprint density at radius 1 is 1.14 bits per heavy atom. The van der Waals surface area contributed by atoms with Crippen molar-refractivity contribution in [2.75, 3.05) is 4.90 Å². The van der Waals surface area contributed by atoms with E-state index in [0.29, 0.717) is 38.8 Å². The van der Waals surface area contributed by atoms with Crippen molar-refractivity contribution in [1.82, 2.24) is 14.8 Å². The summed E-state index contributed by atoms with van der Waals surface area (Å²) in [7, 11) is 0. The number of nitrogens with zero attached hydrogens (tertiary/aromatic N) is 4. The molecule has 0 atom stereocenters. The number of hydrogen-bond donors (Lipinski definition) is 1. The van der Waals surface area contributed by atoms with Gasteiger partial charge in [0.2, 0.25) is 5.91 Å². The minimum Gasteiger partial charge on any atom is -0.508 e. The first-order chi connectivity index (χ1) is 17.4. The molecule has 5 aromatic rings. The highest BCUT2D eigenvalue weighted by atomic mass is 35.5. The number of anilines is 1. The number of fused-ring (bicyclic) bond motifs is 2. The second-order valence-corrected chi connectivity index (χ2v) is 9.37. The van der Waals surface area contributed by atoms with E-state index in [-0.39, 0.29) is 29.6 Å². The Bertz CT molecular complexity index is 1720. The zero-order valence-corrected chi connectivity index (χ0v) is 20.1. The van der Waals surface area contributed by atoms with E-state index in [4.69, 9.17) is 16.0 Å². The number of halogens is 1. The predicted octanol–water partition coefficient (Wildman–Crippen LogP) is 5.07. The molecule has 0 radical (unpaired) electrons. The van der Waals surface area contributed by atoms with Crippen LogP contribution in [-0.4, -0.2) is 31.8 Å². The fraction of sp³-hybridized carbons (Fsp3) is 0.185. The zero-order chi connectivity index (χ0) is 25.0. The molecule has 0 aliphatic heterocycles. The van der Waals surface area contributed by atoms with E-state index in [1.165, 1.54) is 12.1 Å². The Morgan fingerprint density at radius 2 is 1.97 bits per heavy atom. The molecule has 8 nitrogen and oxygen atoms in total. The van der Waals surface area contributed by atoms with E-state index in [1.807, 2.05) is 18.2 Å². The Morgan fingerprint density at radius 3 is 2.75 bits per heavy atom. The number of hydrogen-bond acceptors (Lipinski definition) is 6. The van der Waals surface area contributed by atoms with Gasteiger partial charge in [-0.1, -0.05) is 23.7 Å². The second kappa shape index (κ2) is 8.49. The molecule has 2 heterocycles.